The summed E-state index contributed by atoms with van der Waals surface area (Å²) in [5.41, 5.74) is 2.67. The first kappa shape index (κ1) is 19.1. The highest BCUT2D eigenvalue weighted by atomic mass is 16.4. The van der Waals surface area contributed by atoms with E-state index in [4.69, 9.17) is 5.11 Å². The van der Waals surface area contributed by atoms with Gasteiger partial charge < -0.3 is 15.7 Å². The van der Waals surface area contributed by atoms with Crippen molar-refractivity contribution in [2.45, 2.75) is 32.9 Å². The number of carboxylic acids is 1. The molecule has 0 aliphatic carbocycles. The summed E-state index contributed by atoms with van der Waals surface area (Å²) in [7, 11) is 0. The zero-order chi connectivity index (χ0) is 18.9. The number of aryl methyl sites for hydroxylation is 2. The molecule has 3 N–H and O–H groups in total. The van der Waals surface area contributed by atoms with Crippen LogP contribution in [0.25, 0.3) is 0 Å². The Hall–Kier alpha value is -3.23. The van der Waals surface area contributed by atoms with E-state index in [1.54, 1.807) is 0 Å². The highest BCUT2D eigenvalue weighted by molar-refractivity contribution is 5.84. The Balaban J connectivity index is 1.64. The Morgan fingerprint density at radius 1 is 1.12 bits per heavy atom. The van der Waals surface area contributed by atoms with E-state index in [-0.39, 0.29) is 31.4 Å². The summed E-state index contributed by atoms with van der Waals surface area (Å²) in [5.74, 6) is -1.59. The second-order valence-electron chi connectivity index (χ2n) is 5.84. The number of carbonyl (C=O) groups is 3. The Labute approximate surface area is 150 Å². The maximum atomic E-state index is 11.8. The van der Waals surface area contributed by atoms with Gasteiger partial charge in [0.2, 0.25) is 11.8 Å². The molecule has 138 valence electrons. The Morgan fingerprint density at radius 3 is 2.54 bits per heavy atom. The molecule has 0 saturated carbocycles. The minimum atomic E-state index is -1.03. The zero-order valence-corrected chi connectivity index (χ0v) is 14.4. The molecule has 0 saturated heterocycles. The maximum Gasteiger partial charge on any atom is 0.325 e. The first-order valence-corrected chi connectivity index (χ1v) is 8.12. The van der Waals surface area contributed by atoms with Gasteiger partial charge in [-0.15, -0.1) is 5.10 Å². The molecule has 0 aliphatic heterocycles. The molecule has 1 heterocycles. The molecule has 0 aliphatic rings. The summed E-state index contributed by atoms with van der Waals surface area (Å²) in [4.78, 5) is 34.1. The smallest absolute Gasteiger partial charge is 0.325 e. The van der Waals surface area contributed by atoms with Crippen LogP contribution in [-0.4, -0.2) is 44.4 Å². The number of aromatic nitrogens is 3. The van der Waals surface area contributed by atoms with Gasteiger partial charge in [-0.05, 0) is 18.9 Å². The number of benzene rings is 1. The predicted octanol–water partition coefficient (Wildman–Crippen LogP) is 0.0363. The number of nitrogens with zero attached hydrogens (tertiary/aromatic N) is 3. The second kappa shape index (κ2) is 9.30. The van der Waals surface area contributed by atoms with Gasteiger partial charge in [0.05, 0.1) is 19.3 Å². The van der Waals surface area contributed by atoms with Crippen LogP contribution in [0.4, 0.5) is 0 Å². The van der Waals surface area contributed by atoms with Crippen molar-refractivity contribution in [2.24, 2.45) is 0 Å². The van der Waals surface area contributed by atoms with Crippen LogP contribution in [0.3, 0.4) is 0 Å². The van der Waals surface area contributed by atoms with Crippen molar-refractivity contribution in [1.29, 1.82) is 0 Å². The van der Waals surface area contributed by atoms with Crippen LogP contribution < -0.4 is 10.6 Å². The Kier molecular flexibility index (Phi) is 6.84. The molecule has 0 unspecified atom stereocenters. The third-order valence-electron chi connectivity index (χ3n) is 3.56. The zero-order valence-electron chi connectivity index (χ0n) is 14.4. The molecule has 9 nitrogen and oxygen atoms in total. The lowest BCUT2D eigenvalue weighted by Gasteiger charge is -2.06. The molecule has 0 atom stereocenters. The molecular formula is C17H21N5O4. The van der Waals surface area contributed by atoms with Crippen molar-refractivity contribution >= 4 is 17.8 Å². The van der Waals surface area contributed by atoms with Crippen LogP contribution in [-0.2, 0) is 33.9 Å². The molecule has 0 bridgehead atoms. The van der Waals surface area contributed by atoms with Gasteiger partial charge in [0.1, 0.15) is 12.2 Å². The van der Waals surface area contributed by atoms with Gasteiger partial charge in [-0.2, -0.15) is 0 Å². The number of hydrogen-bond donors (Lipinski definition) is 3. The van der Waals surface area contributed by atoms with E-state index in [2.05, 4.69) is 20.9 Å². The maximum absolute atomic E-state index is 11.8. The van der Waals surface area contributed by atoms with Crippen molar-refractivity contribution in [2.75, 3.05) is 6.54 Å². The van der Waals surface area contributed by atoms with Gasteiger partial charge in [0.25, 0.3) is 0 Å². The number of hydrogen-bond acceptors (Lipinski definition) is 5. The standard InChI is InChI=1S/C17H21N5O4/c1-12-2-4-13(5-3-12)6-7-15(23)19-9-16(24)18-8-14-10-22(21-20-14)11-17(25)26/h2-5,10H,6-9,11H2,1H3,(H,18,24)(H,19,23)(H,25,26). The predicted molar refractivity (Wildman–Crippen MR) is 92.0 cm³/mol. The fourth-order valence-electron chi connectivity index (χ4n) is 2.17. The Morgan fingerprint density at radius 2 is 1.85 bits per heavy atom. The number of nitrogens with one attached hydrogen (secondary N) is 2. The average Bonchev–Trinajstić information content (AvgIpc) is 3.04. The van der Waals surface area contributed by atoms with E-state index in [1.807, 2.05) is 31.2 Å². The van der Waals surface area contributed by atoms with E-state index in [9.17, 15) is 14.4 Å². The first-order chi connectivity index (χ1) is 12.4. The first-order valence-electron chi connectivity index (χ1n) is 8.12. The van der Waals surface area contributed by atoms with E-state index < -0.39 is 5.97 Å². The number of carboxylic acid groups (broad SMARTS) is 1. The minimum Gasteiger partial charge on any atom is -0.480 e. The highest BCUT2D eigenvalue weighted by Gasteiger charge is 2.08. The topological polar surface area (TPSA) is 126 Å². The summed E-state index contributed by atoms with van der Waals surface area (Å²) >= 11 is 0. The van der Waals surface area contributed by atoms with Crippen molar-refractivity contribution in [3.05, 3.63) is 47.3 Å². The van der Waals surface area contributed by atoms with Gasteiger partial charge in [-0.3, -0.25) is 14.4 Å². The van der Waals surface area contributed by atoms with Gasteiger partial charge in [-0.1, -0.05) is 35.0 Å². The fourth-order valence-corrected chi connectivity index (χ4v) is 2.17. The number of carbonyl (C=O) groups excluding carboxylic acids is 2. The van der Waals surface area contributed by atoms with E-state index in [1.165, 1.54) is 6.20 Å². The van der Waals surface area contributed by atoms with Gasteiger partial charge >= 0.3 is 5.97 Å². The lowest BCUT2D eigenvalue weighted by molar-refractivity contribution is -0.138. The van der Waals surface area contributed by atoms with Crippen LogP contribution in [0, 0.1) is 6.92 Å². The number of aliphatic carboxylic acids is 1. The molecule has 2 aromatic rings. The summed E-state index contributed by atoms with van der Waals surface area (Å²) in [6.45, 7) is 1.69. The lowest BCUT2D eigenvalue weighted by atomic mass is 10.1. The van der Waals surface area contributed by atoms with Crippen molar-refractivity contribution in [3.63, 3.8) is 0 Å². The quantitative estimate of drug-likeness (QED) is 0.580. The summed E-state index contributed by atoms with van der Waals surface area (Å²) in [6.07, 6.45) is 2.36. The molecule has 1 aromatic heterocycles. The molecular weight excluding hydrogens is 338 g/mol. The van der Waals surface area contributed by atoms with Crippen LogP contribution in [0.1, 0.15) is 23.2 Å². The van der Waals surface area contributed by atoms with Crippen molar-refractivity contribution < 1.29 is 19.5 Å². The van der Waals surface area contributed by atoms with Crippen LogP contribution >= 0.6 is 0 Å². The summed E-state index contributed by atoms with van der Waals surface area (Å²) in [6, 6.07) is 7.94. The van der Waals surface area contributed by atoms with Crippen molar-refractivity contribution in [3.8, 4) is 0 Å². The third kappa shape index (κ3) is 6.71. The largest absolute Gasteiger partial charge is 0.480 e. The molecule has 1 aromatic carbocycles. The lowest BCUT2D eigenvalue weighted by Crippen LogP contribution is -2.36. The molecule has 0 radical (unpaired) electrons. The molecule has 9 heteroatoms. The normalized spacial score (nSPS) is 10.3. The molecule has 2 rings (SSSR count). The number of amides is 2. The third-order valence-corrected chi connectivity index (χ3v) is 3.56. The minimum absolute atomic E-state index is 0.109. The van der Waals surface area contributed by atoms with Gasteiger partial charge in [0, 0.05) is 6.42 Å². The fraction of sp³-hybridized carbons (Fsp3) is 0.353. The molecule has 0 spiro atoms. The van der Waals surface area contributed by atoms with Crippen LogP contribution in [0.5, 0.6) is 0 Å². The second-order valence-corrected chi connectivity index (χ2v) is 5.84. The number of rotatable bonds is 9. The van der Waals surface area contributed by atoms with E-state index in [0.717, 1.165) is 15.8 Å². The summed E-state index contributed by atoms with van der Waals surface area (Å²) in [5, 5.41) is 21.2. The van der Waals surface area contributed by atoms with Gasteiger partial charge in [-0.25, -0.2) is 4.68 Å². The van der Waals surface area contributed by atoms with E-state index in [0.29, 0.717) is 18.5 Å². The highest BCUT2D eigenvalue weighted by Crippen LogP contribution is 2.05. The Bertz CT molecular complexity index is 770. The molecule has 26 heavy (non-hydrogen) atoms. The van der Waals surface area contributed by atoms with Crippen LogP contribution in [0.2, 0.25) is 0 Å². The SMILES string of the molecule is Cc1ccc(CCC(=O)NCC(=O)NCc2cn(CC(=O)O)nn2)cc1. The average molecular weight is 359 g/mol. The van der Waals surface area contributed by atoms with E-state index >= 15 is 0 Å². The summed E-state index contributed by atoms with van der Waals surface area (Å²) < 4.78 is 1.16. The molecule has 2 amide bonds. The monoisotopic (exact) mass is 359 g/mol. The van der Waals surface area contributed by atoms with Gasteiger partial charge in [0.15, 0.2) is 0 Å². The molecule has 0 fully saturated rings. The van der Waals surface area contributed by atoms with Crippen LogP contribution in [0.15, 0.2) is 30.5 Å². The van der Waals surface area contributed by atoms with Crippen molar-refractivity contribution in [1.82, 2.24) is 25.6 Å².